The van der Waals surface area contributed by atoms with E-state index in [9.17, 15) is 14.7 Å². The number of ether oxygens (including phenoxy) is 1. The Morgan fingerprint density at radius 3 is 2.63 bits per heavy atom. The Morgan fingerprint density at radius 1 is 1.26 bits per heavy atom. The Kier molecular flexibility index (Phi) is 5.12. The number of carbonyl (C=O) groups is 2. The summed E-state index contributed by atoms with van der Waals surface area (Å²) in [6.07, 6.45) is 17.5. The fraction of sp³-hybridized carbons (Fsp3) is 0.652. The highest BCUT2D eigenvalue weighted by Gasteiger charge is 2.62. The molecular weight excluding hydrogens is 340 g/mol. The van der Waals surface area contributed by atoms with Gasteiger partial charge in [-0.15, -0.1) is 12.8 Å². The number of ketones is 1. The van der Waals surface area contributed by atoms with Crippen molar-refractivity contribution in [1.29, 1.82) is 0 Å². The first-order valence-corrected chi connectivity index (χ1v) is 9.84. The average molecular weight is 370 g/mol. The summed E-state index contributed by atoms with van der Waals surface area (Å²) in [6, 6.07) is 0. The number of esters is 1. The predicted octanol–water partition coefficient (Wildman–Crippen LogP) is 3.30. The molecule has 27 heavy (non-hydrogen) atoms. The molecule has 0 aromatic heterocycles. The number of fused-ring (bicyclic) bond motifs is 5. The van der Waals surface area contributed by atoms with Gasteiger partial charge in [-0.3, -0.25) is 9.59 Å². The molecule has 0 aromatic carbocycles. The van der Waals surface area contributed by atoms with E-state index in [-0.39, 0.29) is 34.4 Å². The van der Waals surface area contributed by atoms with Gasteiger partial charge in [0.25, 0.3) is 0 Å². The van der Waals surface area contributed by atoms with Crippen molar-refractivity contribution < 1.29 is 19.4 Å². The maximum Gasteiger partial charge on any atom is 0.309 e. The largest absolute Gasteiger partial charge is 0.469 e. The summed E-state index contributed by atoms with van der Waals surface area (Å²) in [4.78, 5) is 24.1. The van der Waals surface area contributed by atoms with Crippen LogP contribution in [0.4, 0.5) is 0 Å². The van der Waals surface area contributed by atoms with E-state index in [2.05, 4.69) is 26.7 Å². The van der Waals surface area contributed by atoms with E-state index in [4.69, 9.17) is 4.74 Å². The maximum atomic E-state index is 12.3. The van der Waals surface area contributed by atoms with Gasteiger partial charge in [-0.05, 0) is 61.5 Å². The lowest BCUT2D eigenvalue weighted by molar-refractivity contribution is -0.158. The Bertz CT molecular complexity index is 717. The number of methoxy groups -OCH3 is 1. The van der Waals surface area contributed by atoms with Gasteiger partial charge >= 0.3 is 5.97 Å². The van der Waals surface area contributed by atoms with Crippen molar-refractivity contribution in [3.63, 3.8) is 0 Å². The fourth-order valence-electron chi connectivity index (χ4n) is 6.86. The summed E-state index contributed by atoms with van der Waals surface area (Å²) in [5, 5.41) is 11.2. The van der Waals surface area contributed by atoms with Gasteiger partial charge < -0.3 is 9.84 Å². The minimum atomic E-state index is -0.456. The number of rotatable bonds is 1. The molecule has 0 aliphatic heterocycles. The third-order valence-corrected chi connectivity index (χ3v) is 7.98. The van der Waals surface area contributed by atoms with Crippen molar-refractivity contribution in [2.45, 2.75) is 52.1 Å². The Labute approximate surface area is 162 Å². The molecule has 0 saturated heterocycles. The number of terminal acetylenes is 1. The molecule has 0 aromatic rings. The molecule has 0 spiro atoms. The molecule has 1 N–H and O–H groups in total. The van der Waals surface area contributed by atoms with Gasteiger partial charge in [0.15, 0.2) is 5.78 Å². The van der Waals surface area contributed by atoms with Gasteiger partial charge in [-0.1, -0.05) is 25.5 Å². The highest BCUT2D eigenvalue weighted by atomic mass is 16.5. The van der Waals surface area contributed by atoms with E-state index in [1.165, 1.54) is 12.7 Å². The second-order valence-corrected chi connectivity index (χ2v) is 8.95. The molecule has 4 rings (SSSR count). The Morgan fingerprint density at radius 2 is 1.96 bits per heavy atom. The first-order chi connectivity index (χ1) is 12.8. The first kappa shape index (κ1) is 19.9. The monoisotopic (exact) mass is 370 g/mol. The van der Waals surface area contributed by atoms with E-state index < -0.39 is 6.10 Å². The lowest BCUT2D eigenvalue weighted by Crippen LogP contribution is -2.56. The summed E-state index contributed by atoms with van der Waals surface area (Å²) in [5.41, 5.74) is 0.756. The maximum absolute atomic E-state index is 12.3. The molecule has 4 aliphatic carbocycles. The molecule has 7 atom stereocenters. The molecule has 146 valence electrons. The van der Waals surface area contributed by atoms with Crippen molar-refractivity contribution in [2.24, 2.45) is 34.5 Å². The van der Waals surface area contributed by atoms with E-state index in [0.717, 1.165) is 25.7 Å². The van der Waals surface area contributed by atoms with Crippen molar-refractivity contribution in [3.05, 3.63) is 23.8 Å². The zero-order valence-corrected chi connectivity index (χ0v) is 16.5. The number of hydrogen-bond acceptors (Lipinski definition) is 4. The van der Waals surface area contributed by atoms with E-state index in [0.29, 0.717) is 18.3 Å². The lowest BCUT2D eigenvalue weighted by atomic mass is 9.47. The van der Waals surface area contributed by atoms with Crippen LogP contribution in [0, 0.1) is 47.3 Å². The van der Waals surface area contributed by atoms with Gasteiger partial charge in [0.2, 0.25) is 0 Å². The van der Waals surface area contributed by atoms with E-state index >= 15 is 0 Å². The van der Waals surface area contributed by atoms with Crippen molar-refractivity contribution in [2.75, 3.05) is 7.11 Å². The molecule has 5 unspecified atom stereocenters. The topological polar surface area (TPSA) is 63.6 Å². The number of carbonyl (C=O) groups excluding carboxylic acids is 2. The minimum Gasteiger partial charge on any atom is -0.469 e. The molecule has 0 heterocycles. The van der Waals surface area contributed by atoms with E-state index in [1.54, 1.807) is 12.2 Å². The zero-order chi connectivity index (χ0) is 20.0. The molecule has 0 bridgehead atoms. The average Bonchev–Trinajstić information content (AvgIpc) is 2.99. The standard InChI is InChI=1S/C21H28O4.C2H2/c1-20-9-8-13(22)10-12(20)4-5-14-15-6-7-16(19(24)25-3)21(15,2)11-17(23)18(14)20;1-2/h8-10,14-18,23H,4-7,11H2,1-3H3;1-2H/t14?,15?,16-,17?,18?,20?,21+;/m1./s1. The van der Waals surface area contributed by atoms with Crippen LogP contribution in [-0.2, 0) is 14.3 Å². The summed E-state index contributed by atoms with van der Waals surface area (Å²) < 4.78 is 5.06. The second kappa shape index (κ2) is 6.95. The van der Waals surface area contributed by atoms with Crippen molar-refractivity contribution >= 4 is 11.8 Å². The fourth-order valence-corrected chi connectivity index (χ4v) is 6.86. The third kappa shape index (κ3) is 2.79. The van der Waals surface area contributed by atoms with Crippen LogP contribution in [0.2, 0.25) is 0 Å². The molecular formula is C23H30O4. The molecule has 0 radical (unpaired) electrons. The summed E-state index contributed by atoms with van der Waals surface area (Å²) in [5.74, 6) is 0.796. The highest BCUT2D eigenvalue weighted by Crippen LogP contribution is 2.66. The Balaban J connectivity index is 0.00000102. The lowest BCUT2D eigenvalue weighted by Gasteiger charge is -2.58. The molecule has 3 saturated carbocycles. The number of aliphatic hydroxyl groups excluding tert-OH is 1. The molecule has 4 heteroatoms. The quantitative estimate of drug-likeness (QED) is 0.568. The predicted molar refractivity (Wildman–Crippen MR) is 103 cm³/mol. The van der Waals surface area contributed by atoms with Crippen LogP contribution in [0.5, 0.6) is 0 Å². The van der Waals surface area contributed by atoms with Crippen LogP contribution in [0.15, 0.2) is 23.8 Å². The van der Waals surface area contributed by atoms with Gasteiger partial charge in [0, 0.05) is 11.3 Å². The third-order valence-electron chi connectivity index (χ3n) is 7.98. The SMILES string of the molecule is C#C.COC(=O)[C@H]1CCC2C3CCC4=CC(=O)C=CC4(C)C3C(O)C[C@@]21C. The van der Waals surface area contributed by atoms with Crippen LogP contribution in [0.25, 0.3) is 0 Å². The number of hydrogen-bond donors (Lipinski definition) is 1. The minimum absolute atomic E-state index is 0.0627. The van der Waals surface area contributed by atoms with Crippen LogP contribution < -0.4 is 0 Å². The summed E-state index contributed by atoms with van der Waals surface area (Å²) in [7, 11) is 1.46. The number of allylic oxidation sites excluding steroid dienone is 4. The molecule has 3 fully saturated rings. The molecule has 4 nitrogen and oxygen atoms in total. The smallest absolute Gasteiger partial charge is 0.309 e. The molecule has 0 amide bonds. The van der Waals surface area contributed by atoms with Gasteiger partial charge in [0.05, 0.1) is 19.1 Å². The Hall–Kier alpha value is -1.86. The number of aliphatic hydroxyl groups is 1. The van der Waals surface area contributed by atoms with Crippen molar-refractivity contribution in [3.8, 4) is 12.8 Å². The first-order valence-electron chi connectivity index (χ1n) is 9.84. The van der Waals surface area contributed by atoms with Gasteiger partial charge in [-0.25, -0.2) is 0 Å². The van der Waals surface area contributed by atoms with Gasteiger partial charge in [-0.2, -0.15) is 0 Å². The van der Waals surface area contributed by atoms with Crippen molar-refractivity contribution in [1.82, 2.24) is 0 Å². The summed E-state index contributed by atoms with van der Waals surface area (Å²) in [6.45, 7) is 4.36. The summed E-state index contributed by atoms with van der Waals surface area (Å²) >= 11 is 0. The normalized spacial score (nSPS) is 44.7. The highest BCUT2D eigenvalue weighted by molar-refractivity contribution is 6.01. The van der Waals surface area contributed by atoms with Crippen LogP contribution in [0.3, 0.4) is 0 Å². The van der Waals surface area contributed by atoms with Crippen LogP contribution >= 0.6 is 0 Å². The zero-order valence-electron chi connectivity index (χ0n) is 16.5. The van der Waals surface area contributed by atoms with E-state index in [1.807, 2.05) is 6.08 Å². The van der Waals surface area contributed by atoms with Crippen LogP contribution in [-0.4, -0.2) is 30.1 Å². The van der Waals surface area contributed by atoms with Gasteiger partial charge in [0.1, 0.15) is 0 Å². The second-order valence-electron chi connectivity index (χ2n) is 8.95. The molecule has 4 aliphatic rings. The van der Waals surface area contributed by atoms with Crippen LogP contribution in [0.1, 0.15) is 46.0 Å².